The number of hydrogen-bond acceptors (Lipinski definition) is 5. The predicted molar refractivity (Wildman–Crippen MR) is 91.4 cm³/mol. The monoisotopic (exact) mass is 324 g/mol. The fourth-order valence-electron chi connectivity index (χ4n) is 2.83. The van der Waals surface area contributed by atoms with Gasteiger partial charge in [0.2, 0.25) is 11.6 Å². The maximum atomic E-state index is 12.7. The molecule has 0 fully saturated rings. The van der Waals surface area contributed by atoms with Gasteiger partial charge in [-0.25, -0.2) is 9.79 Å². The van der Waals surface area contributed by atoms with Crippen LogP contribution in [-0.2, 0) is 15.3 Å². The zero-order valence-corrected chi connectivity index (χ0v) is 13.9. The summed E-state index contributed by atoms with van der Waals surface area (Å²) in [5.74, 6) is 0.0423. The Morgan fingerprint density at radius 2 is 1.62 bits per heavy atom. The van der Waals surface area contributed by atoms with Crippen molar-refractivity contribution in [2.45, 2.75) is 32.0 Å². The number of carbonyl (C=O) groups excluding carboxylic acids is 1. The Labute approximate surface area is 141 Å². The number of nitrogens with zero attached hydrogens (tertiary/aromatic N) is 1. The maximum Gasteiger partial charge on any atom is 0.340 e. The van der Waals surface area contributed by atoms with Gasteiger partial charge in [-0.1, -0.05) is 48.5 Å². The summed E-state index contributed by atoms with van der Waals surface area (Å²) in [6.07, 6.45) is 0. The van der Waals surface area contributed by atoms with Crippen LogP contribution in [0, 0.1) is 0 Å². The third-order valence-corrected chi connectivity index (χ3v) is 4.08. The molecule has 124 valence electrons. The average molecular weight is 324 g/mol. The molecule has 1 unspecified atom stereocenters. The SMILES string of the molecule is CC1=NC(C)(C)C(OC(=O)c2ccccc2)(c2ccccc2)NO1. The molecule has 5 heteroatoms. The lowest BCUT2D eigenvalue weighted by molar-refractivity contribution is -0.152. The van der Waals surface area contributed by atoms with Crippen molar-refractivity contribution < 1.29 is 14.4 Å². The summed E-state index contributed by atoms with van der Waals surface area (Å²) in [5, 5.41) is 0. The first kappa shape index (κ1) is 16.2. The standard InChI is InChI=1S/C19H20N2O3/c1-14-20-18(2,3)19(21-24-14,16-12-8-5-9-13-16)23-17(22)15-10-6-4-7-11-15/h4-13,21H,1-3H3. The van der Waals surface area contributed by atoms with E-state index in [0.29, 0.717) is 11.5 Å². The van der Waals surface area contributed by atoms with E-state index in [1.165, 1.54) is 0 Å². The van der Waals surface area contributed by atoms with E-state index >= 15 is 0 Å². The van der Waals surface area contributed by atoms with Gasteiger partial charge in [-0.3, -0.25) is 0 Å². The fourth-order valence-corrected chi connectivity index (χ4v) is 2.83. The molecule has 0 radical (unpaired) electrons. The maximum absolute atomic E-state index is 12.7. The van der Waals surface area contributed by atoms with Gasteiger partial charge in [0, 0.05) is 12.5 Å². The highest BCUT2D eigenvalue weighted by Gasteiger charge is 2.54. The molecule has 1 N–H and O–H groups in total. The summed E-state index contributed by atoms with van der Waals surface area (Å²) < 4.78 is 5.93. The van der Waals surface area contributed by atoms with Crippen LogP contribution in [0.25, 0.3) is 0 Å². The lowest BCUT2D eigenvalue weighted by Crippen LogP contribution is -2.62. The van der Waals surface area contributed by atoms with E-state index in [2.05, 4.69) is 10.5 Å². The molecule has 0 spiro atoms. The summed E-state index contributed by atoms with van der Waals surface area (Å²) in [6, 6.07) is 18.3. The molecule has 5 nitrogen and oxygen atoms in total. The van der Waals surface area contributed by atoms with Crippen LogP contribution in [0.5, 0.6) is 0 Å². The fraction of sp³-hybridized carbons (Fsp3) is 0.263. The molecule has 1 atom stereocenters. The normalized spacial score (nSPS) is 22.2. The van der Waals surface area contributed by atoms with E-state index < -0.39 is 17.2 Å². The van der Waals surface area contributed by atoms with E-state index in [4.69, 9.17) is 9.57 Å². The highest BCUT2D eigenvalue weighted by molar-refractivity contribution is 5.89. The van der Waals surface area contributed by atoms with Crippen molar-refractivity contribution in [1.82, 2.24) is 5.48 Å². The van der Waals surface area contributed by atoms with Gasteiger partial charge in [0.15, 0.2) is 0 Å². The third kappa shape index (κ3) is 2.78. The molecule has 2 aromatic rings. The molecule has 0 aliphatic carbocycles. The smallest absolute Gasteiger partial charge is 0.340 e. The van der Waals surface area contributed by atoms with Gasteiger partial charge in [-0.2, -0.15) is 0 Å². The van der Waals surface area contributed by atoms with Crippen LogP contribution in [0.3, 0.4) is 0 Å². The molecule has 0 amide bonds. The second kappa shape index (κ2) is 6.09. The Hall–Kier alpha value is -2.66. The van der Waals surface area contributed by atoms with Crippen molar-refractivity contribution in [2.75, 3.05) is 0 Å². The molecule has 0 aromatic heterocycles. The van der Waals surface area contributed by atoms with Crippen LogP contribution in [-0.4, -0.2) is 17.4 Å². The van der Waals surface area contributed by atoms with Crippen LogP contribution in [0.1, 0.15) is 36.7 Å². The van der Waals surface area contributed by atoms with Crippen molar-refractivity contribution in [3.05, 3.63) is 71.8 Å². The summed E-state index contributed by atoms with van der Waals surface area (Å²) in [5.41, 5.74) is 2.15. The van der Waals surface area contributed by atoms with E-state index in [0.717, 1.165) is 5.56 Å². The summed E-state index contributed by atoms with van der Waals surface area (Å²) in [4.78, 5) is 22.7. The number of rotatable bonds is 3. The van der Waals surface area contributed by atoms with Crippen LogP contribution in [0.2, 0.25) is 0 Å². The molecule has 24 heavy (non-hydrogen) atoms. The number of hydrogen-bond donors (Lipinski definition) is 1. The van der Waals surface area contributed by atoms with Crippen molar-refractivity contribution >= 4 is 11.9 Å². The third-order valence-electron chi connectivity index (χ3n) is 4.08. The first-order chi connectivity index (χ1) is 11.4. The van der Waals surface area contributed by atoms with E-state index in [1.54, 1.807) is 31.2 Å². The molecule has 3 rings (SSSR count). The summed E-state index contributed by atoms with van der Waals surface area (Å²) >= 11 is 0. The number of hydroxylamine groups is 1. The Bertz CT molecular complexity index is 757. The Morgan fingerprint density at radius 3 is 2.21 bits per heavy atom. The van der Waals surface area contributed by atoms with Crippen LogP contribution in [0.4, 0.5) is 0 Å². The lowest BCUT2D eigenvalue weighted by atomic mass is 9.84. The van der Waals surface area contributed by atoms with Gasteiger partial charge < -0.3 is 9.57 Å². The number of carbonyl (C=O) groups is 1. The largest absolute Gasteiger partial charge is 0.430 e. The van der Waals surface area contributed by atoms with Gasteiger partial charge in [0.25, 0.3) is 0 Å². The first-order valence-electron chi connectivity index (χ1n) is 7.79. The van der Waals surface area contributed by atoms with Gasteiger partial charge in [-0.05, 0) is 26.0 Å². The van der Waals surface area contributed by atoms with Crippen molar-refractivity contribution in [1.29, 1.82) is 0 Å². The molecule has 0 bridgehead atoms. The van der Waals surface area contributed by atoms with Crippen LogP contribution in [0.15, 0.2) is 65.7 Å². The Morgan fingerprint density at radius 1 is 1.04 bits per heavy atom. The molecule has 2 aromatic carbocycles. The van der Waals surface area contributed by atoms with Crippen molar-refractivity contribution in [3.8, 4) is 0 Å². The number of benzene rings is 2. The van der Waals surface area contributed by atoms with Crippen molar-refractivity contribution in [2.24, 2.45) is 4.99 Å². The van der Waals surface area contributed by atoms with Crippen LogP contribution < -0.4 is 5.48 Å². The molecule has 1 aliphatic heterocycles. The van der Waals surface area contributed by atoms with Gasteiger partial charge in [0.05, 0.1) is 5.56 Å². The highest BCUT2D eigenvalue weighted by atomic mass is 16.7. The average Bonchev–Trinajstić information content (AvgIpc) is 2.58. The second-order valence-corrected chi connectivity index (χ2v) is 6.20. The quantitative estimate of drug-likeness (QED) is 0.879. The first-order valence-corrected chi connectivity index (χ1v) is 7.79. The highest BCUT2D eigenvalue weighted by Crippen LogP contribution is 2.40. The molecular weight excluding hydrogens is 304 g/mol. The second-order valence-electron chi connectivity index (χ2n) is 6.20. The summed E-state index contributed by atoms with van der Waals surface area (Å²) in [7, 11) is 0. The van der Waals surface area contributed by atoms with E-state index in [-0.39, 0.29) is 0 Å². The topological polar surface area (TPSA) is 59.9 Å². The Balaban J connectivity index is 2.06. The van der Waals surface area contributed by atoms with Gasteiger partial charge in [0.1, 0.15) is 5.54 Å². The molecule has 1 aliphatic rings. The zero-order valence-electron chi connectivity index (χ0n) is 13.9. The summed E-state index contributed by atoms with van der Waals surface area (Å²) in [6.45, 7) is 5.55. The van der Waals surface area contributed by atoms with Gasteiger partial charge >= 0.3 is 5.97 Å². The number of ether oxygens (including phenoxy) is 1. The number of esters is 1. The van der Waals surface area contributed by atoms with E-state index in [9.17, 15) is 4.79 Å². The number of nitrogens with one attached hydrogen (secondary N) is 1. The lowest BCUT2D eigenvalue weighted by Gasteiger charge is -2.45. The Kier molecular flexibility index (Phi) is 4.11. The predicted octanol–water partition coefficient (Wildman–Crippen LogP) is 3.43. The van der Waals surface area contributed by atoms with E-state index in [1.807, 2.05) is 50.2 Å². The molecule has 0 saturated carbocycles. The van der Waals surface area contributed by atoms with Gasteiger partial charge in [-0.15, -0.1) is 5.48 Å². The molecule has 1 heterocycles. The minimum Gasteiger partial charge on any atom is -0.430 e. The minimum absolute atomic E-state index is 0.446. The van der Waals surface area contributed by atoms with Crippen LogP contribution >= 0.6 is 0 Å². The zero-order chi connectivity index (χ0) is 17.2. The number of aliphatic imine (C=N–C) groups is 1. The molecular formula is C19H20N2O3. The molecule has 0 saturated heterocycles. The van der Waals surface area contributed by atoms with Crippen molar-refractivity contribution in [3.63, 3.8) is 0 Å². The minimum atomic E-state index is -1.24.